The number of morpholine rings is 1. The molecule has 0 unspecified atom stereocenters. The fourth-order valence-corrected chi connectivity index (χ4v) is 4.84. The van der Waals surface area contributed by atoms with Gasteiger partial charge in [0.2, 0.25) is 10.0 Å². The molecule has 2 heterocycles. The maximum absolute atomic E-state index is 12.6. The van der Waals surface area contributed by atoms with Gasteiger partial charge in [-0.1, -0.05) is 12.8 Å². The van der Waals surface area contributed by atoms with Crippen LogP contribution in [0.1, 0.15) is 32.6 Å². The van der Waals surface area contributed by atoms with Gasteiger partial charge in [-0.2, -0.15) is 4.31 Å². The molecule has 0 aromatic heterocycles. The Bertz CT molecular complexity index is 721. The van der Waals surface area contributed by atoms with Gasteiger partial charge in [-0.15, -0.1) is 0 Å². The van der Waals surface area contributed by atoms with Crippen molar-refractivity contribution >= 4 is 15.9 Å². The minimum atomic E-state index is -3.52. The van der Waals surface area contributed by atoms with Crippen LogP contribution in [0.15, 0.2) is 29.2 Å². The van der Waals surface area contributed by atoms with E-state index in [0.717, 1.165) is 38.8 Å². The fraction of sp³-hybridized carbons (Fsp3) is 0.632. The standard InChI is InChI=1S/C19H28N2O5S/c1-16(19(22)20-10-4-2-3-5-11-20)26-17-6-8-18(9-7-17)27(23,24)21-12-14-25-15-13-21/h6-9,16H,2-5,10-15H2,1H3/t16-/m0/s1. The van der Waals surface area contributed by atoms with Crippen LogP contribution in [-0.2, 0) is 19.6 Å². The molecule has 8 heteroatoms. The van der Waals surface area contributed by atoms with Crippen molar-refractivity contribution in [2.45, 2.75) is 43.6 Å². The van der Waals surface area contributed by atoms with Gasteiger partial charge in [0.15, 0.2) is 6.10 Å². The molecule has 1 aromatic rings. The number of likely N-dealkylation sites (tertiary alicyclic amines) is 1. The average molecular weight is 397 g/mol. The maximum atomic E-state index is 12.6. The summed E-state index contributed by atoms with van der Waals surface area (Å²) < 4.78 is 37.7. The molecule has 0 bridgehead atoms. The van der Waals surface area contributed by atoms with Crippen molar-refractivity contribution in [1.82, 2.24) is 9.21 Å². The number of sulfonamides is 1. The molecule has 2 aliphatic rings. The summed E-state index contributed by atoms with van der Waals surface area (Å²) in [6.45, 7) is 4.86. The summed E-state index contributed by atoms with van der Waals surface area (Å²) in [5.74, 6) is 0.480. The minimum absolute atomic E-state index is 0.0121. The number of rotatable bonds is 5. The van der Waals surface area contributed by atoms with Crippen molar-refractivity contribution in [3.63, 3.8) is 0 Å². The topological polar surface area (TPSA) is 76.1 Å². The monoisotopic (exact) mass is 396 g/mol. The SMILES string of the molecule is C[C@H](Oc1ccc(S(=O)(=O)N2CCOCC2)cc1)C(=O)N1CCCCCC1. The Balaban J connectivity index is 1.62. The number of carbonyl (C=O) groups is 1. The quantitative estimate of drug-likeness (QED) is 0.760. The Morgan fingerprint density at radius 3 is 2.19 bits per heavy atom. The highest BCUT2D eigenvalue weighted by Crippen LogP contribution is 2.22. The average Bonchev–Trinajstić information content (AvgIpc) is 2.98. The highest BCUT2D eigenvalue weighted by Gasteiger charge is 2.27. The summed E-state index contributed by atoms with van der Waals surface area (Å²) in [7, 11) is -3.52. The Morgan fingerprint density at radius 1 is 1.00 bits per heavy atom. The van der Waals surface area contributed by atoms with E-state index >= 15 is 0 Å². The Hall–Kier alpha value is -1.64. The predicted octanol–water partition coefficient (Wildman–Crippen LogP) is 1.88. The first-order chi connectivity index (χ1) is 13.0. The van der Waals surface area contributed by atoms with Gasteiger partial charge in [0, 0.05) is 26.2 Å². The lowest BCUT2D eigenvalue weighted by Crippen LogP contribution is -2.41. The van der Waals surface area contributed by atoms with E-state index in [1.165, 1.54) is 16.4 Å². The third-order valence-corrected chi connectivity index (χ3v) is 6.92. The van der Waals surface area contributed by atoms with Crippen LogP contribution in [0.3, 0.4) is 0 Å². The van der Waals surface area contributed by atoms with Gasteiger partial charge in [-0.05, 0) is 44.0 Å². The van der Waals surface area contributed by atoms with E-state index in [1.54, 1.807) is 19.1 Å². The first kappa shape index (κ1) is 20.1. The van der Waals surface area contributed by atoms with E-state index in [2.05, 4.69) is 0 Å². The predicted molar refractivity (Wildman–Crippen MR) is 101 cm³/mol. The van der Waals surface area contributed by atoms with Crippen molar-refractivity contribution in [1.29, 1.82) is 0 Å². The zero-order chi connectivity index (χ0) is 19.3. The first-order valence-corrected chi connectivity index (χ1v) is 11.1. The zero-order valence-electron chi connectivity index (χ0n) is 15.8. The molecule has 2 saturated heterocycles. The van der Waals surface area contributed by atoms with Gasteiger partial charge in [-0.3, -0.25) is 4.79 Å². The molecule has 0 radical (unpaired) electrons. The Labute approximate surface area is 161 Å². The van der Waals surface area contributed by atoms with Gasteiger partial charge in [0.05, 0.1) is 18.1 Å². The molecular weight excluding hydrogens is 368 g/mol. The van der Waals surface area contributed by atoms with Gasteiger partial charge >= 0.3 is 0 Å². The zero-order valence-corrected chi connectivity index (χ0v) is 16.6. The van der Waals surface area contributed by atoms with Crippen LogP contribution in [0.25, 0.3) is 0 Å². The second-order valence-corrected chi connectivity index (χ2v) is 8.93. The highest BCUT2D eigenvalue weighted by molar-refractivity contribution is 7.89. The van der Waals surface area contributed by atoms with Crippen molar-refractivity contribution in [3.05, 3.63) is 24.3 Å². The van der Waals surface area contributed by atoms with E-state index in [4.69, 9.17) is 9.47 Å². The summed E-state index contributed by atoms with van der Waals surface area (Å²) in [5, 5.41) is 0. The number of ether oxygens (including phenoxy) is 2. The Kier molecular flexibility index (Phi) is 6.73. The van der Waals surface area contributed by atoms with E-state index in [-0.39, 0.29) is 10.8 Å². The number of hydrogen-bond acceptors (Lipinski definition) is 5. The van der Waals surface area contributed by atoms with Gasteiger partial charge in [0.25, 0.3) is 5.91 Å². The molecule has 7 nitrogen and oxygen atoms in total. The lowest BCUT2D eigenvalue weighted by atomic mass is 10.2. The number of carbonyl (C=O) groups excluding carboxylic acids is 1. The Morgan fingerprint density at radius 2 is 1.59 bits per heavy atom. The van der Waals surface area contributed by atoms with E-state index in [0.29, 0.717) is 32.1 Å². The van der Waals surface area contributed by atoms with E-state index < -0.39 is 16.1 Å². The van der Waals surface area contributed by atoms with Gasteiger partial charge in [-0.25, -0.2) is 8.42 Å². The van der Waals surface area contributed by atoms with Crippen molar-refractivity contribution in [2.75, 3.05) is 39.4 Å². The van der Waals surface area contributed by atoms with Gasteiger partial charge in [0.1, 0.15) is 5.75 Å². The van der Waals surface area contributed by atoms with E-state index in [1.807, 2.05) is 4.90 Å². The second-order valence-electron chi connectivity index (χ2n) is 6.99. The molecule has 1 atom stereocenters. The summed E-state index contributed by atoms with van der Waals surface area (Å²) in [6, 6.07) is 6.28. The summed E-state index contributed by atoms with van der Waals surface area (Å²) >= 11 is 0. The molecule has 0 N–H and O–H groups in total. The maximum Gasteiger partial charge on any atom is 0.263 e. The third kappa shape index (κ3) is 5.00. The summed E-state index contributed by atoms with van der Waals surface area (Å²) in [4.78, 5) is 14.7. The lowest BCUT2D eigenvalue weighted by Gasteiger charge is -2.26. The van der Waals surface area contributed by atoms with E-state index in [9.17, 15) is 13.2 Å². The first-order valence-electron chi connectivity index (χ1n) is 9.62. The van der Waals surface area contributed by atoms with Crippen LogP contribution in [0.5, 0.6) is 5.75 Å². The van der Waals surface area contributed by atoms with Crippen molar-refractivity contribution < 1.29 is 22.7 Å². The number of benzene rings is 1. The van der Waals surface area contributed by atoms with Crippen LogP contribution in [-0.4, -0.2) is 69.0 Å². The third-order valence-electron chi connectivity index (χ3n) is 5.01. The molecule has 2 fully saturated rings. The summed E-state index contributed by atoms with van der Waals surface area (Å²) in [6.07, 6.45) is 3.81. The number of amides is 1. The highest BCUT2D eigenvalue weighted by atomic mass is 32.2. The summed E-state index contributed by atoms with van der Waals surface area (Å²) in [5.41, 5.74) is 0. The van der Waals surface area contributed by atoms with Crippen LogP contribution < -0.4 is 4.74 Å². The van der Waals surface area contributed by atoms with Crippen LogP contribution in [0.4, 0.5) is 0 Å². The molecule has 0 spiro atoms. The molecule has 27 heavy (non-hydrogen) atoms. The largest absolute Gasteiger partial charge is 0.481 e. The van der Waals surface area contributed by atoms with Crippen LogP contribution >= 0.6 is 0 Å². The molecule has 150 valence electrons. The molecule has 3 rings (SSSR count). The lowest BCUT2D eigenvalue weighted by molar-refractivity contribution is -0.137. The molecule has 0 saturated carbocycles. The smallest absolute Gasteiger partial charge is 0.263 e. The molecule has 0 aliphatic carbocycles. The van der Waals surface area contributed by atoms with Crippen molar-refractivity contribution in [3.8, 4) is 5.75 Å². The normalized spacial score (nSPS) is 20.7. The van der Waals surface area contributed by atoms with Gasteiger partial charge < -0.3 is 14.4 Å². The molecule has 2 aliphatic heterocycles. The van der Waals surface area contributed by atoms with Crippen LogP contribution in [0.2, 0.25) is 0 Å². The fourth-order valence-electron chi connectivity index (χ4n) is 3.43. The van der Waals surface area contributed by atoms with Crippen LogP contribution in [0, 0.1) is 0 Å². The molecule has 1 aromatic carbocycles. The molecular formula is C19H28N2O5S. The molecule has 1 amide bonds. The number of nitrogens with zero attached hydrogens (tertiary/aromatic N) is 2. The minimum Gasteiger partial charge on any atom is -0.481 e. The number of hydrogen-bond donors (Lipinski definition) is 0. The van der Waals surface area contributed by atoms with Crippen molar-refractivity contribution in [2.24, 2.45) is 0 Å². The second kappa shape index (κ2) is 9.03.